The molecule has 0 atom stereocenters. The molecule has 0 heterocycles. The number of rotatable bonds is 10. The maximum Gasteiger partial charge on any atom is 0.255 e. The highest BCUT2D eigenvalue weighted by atomic mass is 32.2. The standard InChI is InChI=1S/C21H28N2O5S/c1-5-23(6-2)29(25,26)20-15-18(11-10-16(20)3)22-21(24)17-8-7-9-19(14-17)28-13-12-27-4/h7-11,14-15H,5-6,12-13H2,1-4H3,(H,22,24). The van der Waals surface area contributed by atoms with Crippen molar-refractivity contribution in [2.24, 2.45) is 0 Å². The van der Waals surface area contributed by atoms with Crippen LogP contribution in [0.2, 0.25) is 0 Å². The lowest BCUT2D eigenvalue weighted by Crippen LogP contribution is -2.31. The molecule has 0 saturated carbocycles. The summed E-state index contributed by atoms with van der Waals surface area (Å²) in [6, 6.07) is 11.7. The summed E-state index contributed by atoms with van der Waals surface area (Å²) in [7, 11) is -2.04. The first-order valence-electron chi connectivity index (χ1n) is 9.47. The van der Waals surface area contributed by atoms with E-state index in [9.17, 15) is 13.2 Å². The van der Waals surface area contributed by atoms with Crippen LogP contribution < -0.4 is 10.1 Å². The zero-order valence-corrected chi connectivity index (χ0v) is 18.1. The minimum absolute atomic E-state index is 0.190. The number of nitrogens with one attached hydrogen (secondary N) is 1. The Morgan fingerprint density at radius 3 is 2.45 bits per heavy atom. The van der Waals surface area contributed by atoms with Crippen molar-refractivity contribution in [2.45, 2.75) is 25.7 Å². The Balaban J connectivity index is 2.23. The third-order valence-electron chi connectivity index (χ3n) is 4.42. The van der Waals surface area contributed by atoms with Crippen LogP contribution >= 0.6 is 0 Å². The molecule has 7 nitrogen and oxygen atoms in total. The molecule has 2 aromatic carbocycles. The highest BCUT2D eigenvalue weighted by molar-refractivity contribution is 7.89. The van der Waals surface area contributed by atoms with E-state index < -0.39 is 10.0 Å². The van der Waals surface area contributed by atoms with E-state index in [1.165, 1.54) is 10.4 Å². The van der Waals surface area contributed by atoms with E-state index in [2.05, 4.69) is 5.32 Å². The van der Waals surface area contributed by atoms with E-state index >= 15 is 0 Å². The van der Waals surface area contributed by atoms with Gasteiger partial charge in [-0.2, -0.15) is 4.31 Å². The Morgan fingerprint density at radius 1 is 1.07 bits per heavy atom. The van der Waals surface area contributed by atoms with Gasteiger partial charge in [0.05, 0.1) is 11.5 Å². The van der Waals surface area contributed by atoms with Gasteiger partial charge in [-0.1, -0.05) is 26.0 Å². The van der Waals surface area contributed by atoms with E-state index in [1.54, 1.807) is 64.3 Å². The van der Waals surface area contributed by atoms with E-state index in [1.807, 2.05) is 0 Å². The van der Waals surface area contributed by atoms with Gasteiger partial charge in [-0.05, 0) is 42.8 Å². The van der Waals surface area contributed by atoms with Gasteiger partial charge >= 0.3 is 0 Å². The minimum atomic E-state index is -3.62. The van der Waals surface area contributed by atoms with Crippen molar-refractivity contribution in [1.82, 2.24) is 4.31 Å². The first-order valence-corrected chi connectivity index (χ1v) is 10.9. The summed E-state index contributed by atoms with van der Waals surface area (Å²) in [5, 5.41) is 2.77. The zero-order valence-electron chi connectivity index (χ0n) is 17.3. The molecule has 29 heavy (non-hydrogen) atoms. The van der Waals surface area contributed by atoms with Gasteiger partial charge in [-0.15, -0.1) is 0 Å². The SMILES string of the molecule is CCN(CC)S(=O)(=O)c1cc(NC(=O)c2cccc(OCCOC)c2)ccc1C. The van der Waals surface area contributed by atoms with Crippen molar-refractivity contribution in [2.75, 3.05) is 38.7 Å². The lowest BCUT2D eigenvalue weighted by atomic mass is 10.2. The fourth-order valence-electron chi connectivity index (χ4n) is 2.83. The van der Waals surface area contributed by atoms with Crippen LogP contribution in [0.1, 0.15) is 29.8 Å². The van der Waals surface area contributed by atoms with Crippen molar-refractivity contribution in [1.29, 1.82) is 0 Å². The number of methoxy groups -OCH3 is 1. The molecule has 0 aliphatic carbocycles. The molecule has 1 amide bonds. The molecule has 0 saturated heterocycles. The molecule has 0 radical (unpaired) electrons. The van der Waals surface area contributed by atoms with Crippen LogP contribution in [-0.2, 0) is 14.8 Å². The number of sulfonamides is 1. The van der Waals surface area contributed by atoms with Crippen molar-refractivity contribution < 1.29 is 22.7 Å². The molecule has 158 valence electrons. The maximum atomic E-state index is 12.9. The van der Waals surface area contributed by atoms with Crippen LogP contribution in [-0.4, -0.2) is 52.0 Å². The summed E-state index contributed by atoms with van der Waals surface area (Å²) < 4.78 is 37.6. The number of aryl methyl sites for hydroxylation is 1. The van der Waals surface area contributed by atoms with Gasteiger partial charge in [0.2, 0.25) is 10.0 Å². The monoisotopic (exact) mass is 420 g/mol. The molecular weight excluding hydrogens is 392 g/mol. The van der Waals surface area contributed by atoms with Gasteiger partial charge in [0.15, 0.2) is 0 Å². The van der Waals surface area contributed by atoms with Crippen LogP contribution in [0.5, 0.6) is 5.75 Å². The second kappa shape index (κ2) is 10.4. The topological polar surface area (TPSA) is 84.9 Å². The molecular formula is C21H28N2O5S. The van der Waals surface area contributed by atoms with E-state index in [0.717, 1.165) is 0 Å². The third-order valence-corrected chi connectivity index (χ3v) is 6.61. The third kappa shape index (κ3) is 5.79. The summed E-state index contributed by atoms with van der Waals surface area (Å²) in [5.74, 6) is 0.209. The van der Waals surface area contributed by atoms with Crippen molar-refractivity contribution in [3.8, 4) is 5.75 Å². The number of hydrogen-bond donors (Lipinski definition) is 1. The molecule has 0 aromatic heterocycles. The highest BCUT2D eigenvalue weighted by Crippen LogP contribution is 2.24. The second-order valence-corrected chi connectivity index (χ2v) is 8.30. The van der Waals surface area contributed by atoms with E-state index in [-0.39, 0.29) is 10.8 Å². The largest absolute Gasteiger partial charge is 0.491 e. The summed E-state index contributed by atoms with van der Waals surface area (Å²) in [6.07, 6.45) is 0. The van der Waals surface area contributed by atoms with Gasteiger partial charge < -0.3 is 14.8 Å². The summed E-state index contributed by atoms with van der Waals surface area (Å²) in [5.41, 5.74) is 1.45. The number of amides is 1. The summed E-state index contributed by atoms with van der Waals surface area (Å²) >= 11 is 0. The number of carbonyl (C=O) groups is 1. The molecule has 2 rings (SSSR count). The normalized spacial score (nSPS) is 11.5. The first kappa shape index (κ1) is 22.9. The molecule has 0 aliphatic rings. The Labute approximate surface area is 172 Å². The van der Waals surface area contributed by atoms with Crippen LogP contribution in [0.3, 0.4) is 0 Å². The van der Waals surface area contributed by atoms with Crippen molar-refractivity contribution >= 4 is 21.6 Å². The van der Waals surface area contributed by atoms with Gasteiger partial charge in [0.25, 0.3) is 5.91 Å². The van der Waals surface area contributed by atoms with Crippen molar-refractivity contribution in [3.63, 3.8) is 0 Å². The molecule has 2 aromatic rings. The first-order chi connectivity index (χ1) is 13.8. The maximum absolute atomic E-state index is 12.9. The second-order valence-electron chi connectivity index (χ2n) is 6.39. The lowest BCUT2D eigenvalue weighted by molar-refractivity contribution is 0.102. The number of carbonyl (C=O) groups excluding carboxylic acids is 1. The molecule has 0 bridgehead atoms. The van der Waals surface area contributed by atoms with Crippen LogP contribution in [0.4, 0.5) is 5.69 Å². The average Bonchev–Trinajstić information content (AvgIpc) is 2.70. The Kier molecular flexibility index (Phi) is 8.19. The number of ether oxygens (including phenoxy) is 2. The Bertz CT molecular complexity index is 940. The lowest BCUT2D eigenvalue weighted by Gasteiger charge is -2.20. The zero-order chi connectivity index (χ0) is 21.4. The molecule has 1 N–H and O–H groups in total. The average molecular weight is 421 g/mol. The van der Waals surface area contributed by atoms with Gasteiger partial charge in [-0.25, -0.2) is 8.42 Å². The quantitative estimate of drug-likeness (QED) is 0.596. The predicted octanol–water partition coefficient (Wildman–Crippen LogP) is 3.30. The number of anilines is 1. The van der Waals surface area contributed by atoms with Gasteiger partial charge in [0, 0.05) is 31.5 Å². The fraction of sp³-hybridized carbons (Fsp3) is 0.381. The summed E-state index contributed by atoms with van der Waals surface area (Å²) in [6.45, 7) is 6.92. The van der Waals surface area contributed by atoms with Crippen LogP contribution in [0, 0.1) is 6.92 Å². The smallest absolute Gasteiger partial charge is 0.255 e. The number of nitrogens with zero attached hydrogens (tertiary/aromatic N) is 1. The number of hydrogen-bond acceptors (Lipinski definition) is 5. The van der Waals surface area contributed by atoms with Crippen LogP contribution in [0.15, 0.2) is 47.4 Å². The molecule has 0 fully saturated rings. The fourth-order valence-corrected chi connectivity index (χ4v) is 4.54. The highest BCUT2D eigenvalue weighted by Gasteiger charge is 2.24. The van der Waals surface area contributed by atoms with Gasteiger partial charge in [0.1, 0.15) is 12.4 Å². The Hall–Kier alpha value is -2.42. The molecule has 0 aliphatic heterocycles. The van der Waals surface area contributed by atoms with E-state index in [0.29, 0.717) is 48.9 Å². The molecule has 0 unspecified atom stereocenters. The van der Waals surface area contributed by atoms with Gasteiger partial charge in [-0.3, -0.25) is 4.79 Å². The summed E-state index contributed by atoms with van der Waals surface area (Å²) in [4.78, 5) is 12.8. The Morgan fingerprint density at radius 2 is 1.79 bits per heavy atom. The molecule has 8 heteroatoms. The molecule has 0 spiro atoms. The van der Waals surface area contributed by atoms with Crippen molar-refractivity contribution in [3.05, 3.63) is 53.6 Å². The van der Waals surface area contributed by atoms with E-state index in [4.69, 9.17) is 9.47 Å². The number of benzene rings is 2. The predicted molar refractivity (Wildman–Crippen MR) is 113 cm³/mol. The minimum Gasteiger partial charge on any atom is -0.491 e. The van der Waals surface area contributed by atoms with Crippen LogP contribution in [0.25, 0.3) is 0 Å².